The van der Waals surface area contributed by atoms with Crippen molar-refractivity contribution in [1.82, 2.24) is 10.2 Å². The zero-order valence-electron chi connectivity index (χ0n) is 12.0. The van der Waals surface area contributed by atoms with Crippen LogP contribution in [0.4, 0.5) is 5.82 Å². The van der Waals surface area contributed by atoms with Gasteiger partial charge < -0.3 is 10.1 Å². The lowest BCUT2D eigenvalue weighted by molar-refractivity contribution is -0.120. The van der Waals surface area contributed by atoms with Gasteiger partial charge in [0.05, 0.1) is 5.69 Å². The Balaban J connectivity index is 2.13. The number of aryl methyl sites for hydroxylation is 1. The van der Waals surface area contributed by atoms with Crippen molar-refractivity contribution in [2.45, 2.75) is 20.8 Å². The number of rotatable bonds is 5. The second-order valence-electron chi connectivity index (χ2n) is 4.60. The Labute approximate surface area is 118 Å². The standard InChI is InChI=1S/C15H19N3O2/c1-4-20-9-15(19)16-14-8-13(17-18-14)12-7-5-6-10(2)11(12)3/h5-8H,4,9H2,1-3H3,(H2,16,17,18,19). The lowest BCUT2D eigenvalue weighted by atomic mass is 10.0. The van der Waals surface area contributed by atoms with E-state index in [-0.39, 0.29) is 12.5 Å². The van der Waals surface area contributed by atoms with Gasteiger partial charge in [0, 0.05) is 18.2 Å². The number of nitrogens with one attached hydrogen (secondary N) is 2. The summed E-state index contributed by atoms with van der Waals surface area (Å²) in [4.78, 5) is 11.5. The second kappa shape index (κ2) is 6.34. The molecule has 0 saturated heterocycles. The third kappa shape index (κ3) is 3.24. The molecular weight excluding hydrogens is 254 g/mol. The molecule has 20 heavy (non-hydrogen) atoms. The zero-order chi connectivity index (χ0) is 14.5. The van der Waals surface area contributed by atoms with Crippen molar-refractivity contribution in [3.8, 4) is 11.3 Å². The summed E-state index contributed by atoms with van der Waals surface area (Å²) in [6.07, 6.45) is 0. The molecule has 0 unspecified atom stereocenters. The number of carbonyl (C=O) groups is 1. The summed E-state index contributed by atoms with van der Waals surface area (Å²) in [5.41, 5.74) is 4.39. The third-order valence-corrected chi connectivity index (χ3v) is 3.18. The average Bonchev–Trinajstić information content (AvgIpc) is 2.88. The molecule has 2 N–H and O–H groups in total. The number of carbonyl (C=O) groups excluding carboxylic acids is 1. The summed E-state index contributed by atoms with van der Waals surface area (Å²) in [6, 6.07) is 7.93. The highest BCUT2D eigenvalue weighted by Crippen LogP contribution is 2.25. The molecular formula is C15H19N3O2. The number of benzene rings is 1. The fourth-order valence-corrected chi connectivity index (χ4v) is 1.94. The van der Waals surface area contributed by atoms with Crippen molar-refractivity contribution >= 4 is 11.7 Å². The van der Waals surface area contributed by atoms with Crippen molar-refractivity contribution in [2.75, 3.05) is 18.5 Å². The van der Waals surface area contributed by atoms with Crippen LogP contribution in [0.25, 0.3) is 11.3 Å². The third-order valence-electron chi connectivity index (χ3n) is 3.18. The molecule has 106 valence electrons. The maximum Gasteiger partial charge on any atom is 0.251 e. The number of amides is 1. The number of aromatic amines is 1. The van der Waals surface area contributed by atoms with Gasteiger partial charge in [-0.1, -0.05) is 18.2 Å². The van der Waals surface area contributed by atoms with Gasteiger partial charge in [-0.25, -0.2) is 0 Å². The highest BCUT2D eigenvalue weighted by Gasteiger charge is 2.09. The molecule has 0 aliphatic carbocycles. The first-order valence-corrected chi connectivity index (χ1v) is 6.61. The number of ether oxygens (including phenoxy) is 1. The second-order valence-corrected chi connectivity index (χ2v) is 4.60. The summed E-state index contributed by atoms with van der Waals surface area (Å²) in [5, 5.41) is 9.74. The fourth-order valence-electron chi connectivity index (χ4n) is 1.94. The van der Waals surface area contributed by atoms with E-state index < -0.39 is 0 Å². The van der Waals surface area contributed by atoms with E-state index in [1.807, 2.05) is 25.1 Å². The number of hydrogen-bond acceptors (Lipinski definition) is 3. The molecule has 0 radical (unpaired) electrons. The van der Waals surface area contributed by atoms with Crippen LogP contribution in [0.15, 0.2) is 24.3 Å². The highest BCUT2D eigenvalue weighted by atomic mass is 16.5. The monoisotopic (exact) mass is 273 g/mol. The smallest absolute Gasteiger partial charge is 0.251 e. The normalized spacial score (nSPS) is 10.6. The van der Waals surface area contributed by atoms with Gasteiger partial charge >= 0.3 is 0 Å². The van der Waals surface area contributed by atoms with Crippen molar-refractivity contribution in [1.29, 1.82) is 0 Å². The van der Waals surface area contributed by atoms with Crippen LogP contribution in [0, 0.1) is 13.8 Å². The molecule has 0 spiro atoms. The van der Waals surface area contributed by atoms with E-state index in [9.17, 15) is 4.79 Å². The molecule has 0 aliphatic rings. The summed E-state index contributed by atoms with van der Waals surface area (Å²) < 4.78 is 5.04. The van der Waals surface area contributed by atoms with Gasteiger partial charge in [-0.15, -0.1) is 0 Å². The Morgan fingerprint density at radius 3 is 2.95 bits per heavy atom. The van der Waals surface area contributed by atoms with Gasteiger partial charge in [0.2, 0.25) is 0 Å². The lowest BCUT2D eigenvalue weighted by Gasteiger charge is -2.05. The van der Waals surface area contributed by atoms with Crippen molar-refractivity contribution in [3.63, 3.8) is 0 Å². The number of aromatic nitrogens is 2. The number of H-pyrrole nitrogens is 1. The number of anilines is 1. The van der Waals surface area contributed by atoms with Crippen LogP contribution in [0.5, 0.6) is 0 Å². The van der Waals surface area contributed by atoms with Crippen LogP contribution in [-0.2, 0) is 9.53 Å². The van der Waals surface area contributed by atoms with E-state index in [1.165, 1.54) is 11.1 Å². The van der Waals surface area contributed by atoms with E-state index in [4.69, 9.17) is 4.74 Å². The molecule has 5 nitrogen and oxygen atoms in total. The van der Waals surface area contributed by atoms with Crippen LogP contribution >= 0.6 is 0 Å². The number of hydrogen-bond donors (Lipinski definition) is 2. The average molecular weight is 273 g/mol. The molecule has 1 amide bonds. The van der Waals surface area contributed by atoms with Crippen LogP contribution in [0.2, 0.25) is 0 Å². The fraction of sp³-hybridized carbons (Fsp3) is 0.333. The Morgan fingerprint density at radius 2 is 2.20 bits per heavy atom. The first-order chi connectivity index (χ1) is 9.61. The van der Waals surface area contributed by atoms with Gasteiger partial charge in [-0.3, -0.25) is 9.89 Å². The van der Waals surface area contributed by atoms with Gasteiger partial charge in [0.25, 0.3) is 5.91 Å². The lowest BCUT2D eigenvalue weighted by Crippen LogP contribution is -2.18. The largest absolute Gasteiger partial charge is 0.372 e. The quantitative estimate of drug-likeness (QED) is 0.880. The Morgan fingerprint density at radius 1 is 1.40 bits per heavy atom. The summed E-state index contributed by atoms with van der Waals surface area (Å²) in [6.45, 7) is 6.54. The van der Waals surface area contributed by atoms with Gasteiger partial charge in [-0.05, 0) is 31.9 Å². The first kappa shape index (κ1) is 14.3. The van der Waals surface area contributed by atoms with Gasteiger partial charge in [-0.2, -0.15) is 5.10 Å². The van der Waals surface area contributed by atoms with Crippen LogP contribution in [-0.4, -0.2) is 29.3 Å². The zero-order valence-corrected chi connectivity index (χ0v) is 12.0. The molecule has 5 heteroatoms. The maximum atomic E-state index is 11.5. The van der Waals surface area contributed by atoms with Crippen LogP contribution in [0.3, 0.4) is 0 Å². The van der Waals surface area contributed by atoms with Crippen LogP contribution in [0.1, 0.15) is 18.1 Å². The van der Waals surface area contributed by atoms with E-state index in [2.05, 4.69) is 35.4 Å². The van der Waals surface area contributed by atoms with Crippen molar-refractivity contribution < 1.29 is 9.53 Å². The summed E-state index contributed by atoms with van der Waals surface area (Å²) in [5.74, 6) is 0.302. The Kier molecular flexibility index (Phi) is 4.53. The molecule has 1 aromatic heterocycles. The van der Waals surface area contributed by atoms with Gasteiger partial charge in [0.15, 0.2) is 5.82 Å². The van der Waals surface area contributed by atoms with E-state index in [0.29, 0.717) is 12.4 Å². The molecule has 2 rings (SSSR count). The van der Waals surface area contributed by atoms with E-state index in [0.717, 1.165) is 11.3 Å². The molecule has 1 aromatic carbocycles. The SMILES string of the molecule is CCOCC(=O)Nc1cc(-c2cccc(C)c2C)[nH]n1. The molecule has 1 heterocycles. The molecule has 2 aromatic rings. The Bertz CT molecular complexity index is 605. The first-order valence-electron chi connectivity index (χ1n) is 6.61. The maximum absolute atomic E-state index is 11.5. The van der Waals surface area contributed by atoms with E-state index in [1.54, 1.807) is 0 Å². The molecule has 0 bridgehead atoms. The highest BCUT2D eigenvalue weighted by molar-refractivity contribution is 5.91. The van der Waals surface area contributed by atoms with Crippen molar-refractivity contribution in [2.24, 2.45) is 0 Å². The van der Waals surface area contributed by atoms with E-state index >= 15 is 0 Å². The van der Waals surface area contributed by atoms with Crippen LogP contribution < -0.4 is 5.32 Å². The summed E-state index contributed by atoms with van der Waals surface area (Å²) >= 11 is 0. The molecule has 0 fully saturated rings. The topological polar surface area (TPSA) is 67.0 Å². The number of nitrogens with zero attached hydrogens (tertiary/aromatic N) is 1. The molecule has 0 saturated carbocycles. The van der Waals surface area contributed by atoms with Gasteiger partial charge in [0.1, 0.15) is 6.61 Å². The Hall–Kier alpha value is -2.14. The summed E-state index contributed by atoms with van der Waals surface area (Å²) in [7, 11) is 0. The minimum absolute atomic E-state index is 0.0438. The van der Waals surface area contributed by atoms with Crippen molar-refractivity contribution in [3.05, 3.63) is 35.4 Å². The molecule has 0 aliphatic heterocycles. The minimum atomic E-state index is -0.203. The predicted octanol–water partition coefficient (Wildman–Crippen LogP) is 2.67. The molecule has 0 atom stereocenters. The minimum Gasteiger partial charge on any atom is -0.372 e. The predicted molar refractivity (Wildman–Crippen MR) is 78.6 cm³/mol.